The number of nitrogens with zero attached hydrogens (tertiary/aromatic N) is 3. The Morgan fingerprint density at radius 2 is 1.79 bits per heavy atom. The van der Waals surface area contributed by atoms with Crippen LogP contribution in [0.4, 0.5) is 0 Å². The van der Waals surface area contributed by atoms with Crippen molar-refractivity contribution in [1.82, 2.24) is 13.8 Å². The van der Waals surface area contributed by atoms with Crippen LogP contribution in [0.3, 0.4) is 0 Å². The summed E-state index contributed by atoms with van der Waals surface area (Å²) in [6, 6.07) is 3.97. The van der Waals surface area contributed by atoms with Gasteiger partial charge in [-0.05, 0) is 18.2 Å². The lowest BCUT2D eigenvalue weighted by Gasteiger charge is -2.31. The van der Waals surface area contributed by atoms with E-state index in [0.717, 1.165) is 4.57 Å². The highest BCUT2D eigenvalue weighted by atomic mass is 32.2. The predicted octanol–water partition coefficient (Wildman–Crippen LogP) is -1.05. The fraction of sp³-hybridized carbons (Fsp3) is 0.357. The van der Waals surface area contributed by atoms with E-state index in [2.05, 4.69) is 4.42 Å². The first-order chi connectivity index (χ1) is 11.3. The Labute approximate surface area is 136 Å². The second-order valence-corrected chi connectivity index (χ2v) is 7.38. The molecule has 9 nitrogen and oxygen atoms in total. The van der Waals surface area contributed by atoms with Gasteiger partial charge < -0.3 is 9.32 Å². The van der Waals surface area contributed by atoms with Gasteiger partial charge in [-0.2, -0.15) is 4.31 Å². The van der Waals surface area contributed by atoms with Crippen LogP contribution in [0.2, 0.25) is 0 Å². The quantitative estimate of drug-likeness (QED) is 0.652. The molecule has 2 aromatic rings. The van der Waals surface area contributed by atoms with Crippen LogP contribution in [0.15, 0.2) is 37.1 Å². The molecular formula is C14H15N3O6S. The van der Waals surface area contributed by atoms with Crippen molar-refractivity contribution in [3.05, 3.63) is 39.2 Å². The molecule has 3 rings (SSSR count). The van der Waals surface area contributed by atoms with Gasteiger partial charge in [-0.15, -0.1) is 0 Å². The number of piperazine rings is 1. The number of fused-ring (bicyclic) bond motifs is 1. The van der Waals surface area contributed by atoms with Gasteiger partial charge in [0.05, 0.1) is 15.8 Å². The number of benzene rings is 1. The summed E-state index contributed by atoms with van der Waals surface area (Å²) >= 11 is 0. The number of aryl methyl sites for hydroxylation is 1. The van der Waals surface area contributed by atoms with Gasteiger partial charge in [-0.3, -0.25) is 9.36 Å². The van der Waals surface area contributed by atoms with E-state index in [1.54, 1.807) is 0 Å². The number of aromatic nitrogens is 1. The molecule has 1 amide bonds. The van der Waals surface area contributed by atoms with Gasteiger partial charge >= 0.3 is 11.4 Å². The number of sulfonamides is 1. The van der Waals surface area contributed by atoms with Crippen molar-refractivity contribution in [2.75, 3.05) is 26.2 Å². The highest BCUT2D eigenvalue weighted by molar-refractivity contribution is 7.89. The highest BCUT2D eigenvalue weighted by Crippen LogP contribution is 2.20. The van der Waals surface area contributed by atoms with E-state index in [1.807, 2.05) is 0 Å². The zero-order chi connectivity index (χ0) is 17.5. The molecule has 0 N–H and O–H groups in total. The van der Waals surface area contributed by atoms with Crippen molar-refractivity contribution in [2.45, 2.75) is 4.90 Å². The summed E-state index contributed by atoms with van der Waals surface area (Å²) in [4.78, 5) is 35.5. The summed E-state index contributed by atoms with van der Waals surface area (Å²) in [5, 5.41) is 0.0182. The van der Waals surface area contributed by atoms with Gasteiger partial charge in [0.2, 0.25) is 16.4 Å². The van der Waals surface area contributed by atoms with Crippen molar-refractivity contribution in [3.8, 4) is 0 Å². The molecule has 24 heavy (non-hydrogen) atoms. The van der Waals surface area contributed by atoms with E-state index >= 15 is 0 Å². The first kappa shape index (κ1) is 16.4. The smallest absolute Gasteiger partial charge is 0.372 e. The zero-order valence-electron chi connectivity index (χ0n) is 12.8. The lowest BCUT2D eigenvalue weighted by molar-refractivity contribution is -0.119. The minimum atomic E-state index is -3.80. The molecule has 0 spiro atoms. The number of amides is 1. The Morgan fingerprint density at radius 3 is 2.42 bits per heavy atom. The molecule has 0 atom stereocenters. The van der Waals surface area contributed by atoms with Gasteiger partial charge in [-0.1, -0.05) is 0 Å². The fourth-order valence-corrected chi connectivity index (χ4v) is 4.08. The maximum Gasteiger partial charge on any atom is 0.422 e. The maximum absolute atomic E-state index is 12.7. The van der Waals surface area contributed by atoms with Gasteiger partial charge in [0.1, 0.15) is 0 Å². The molecule has 2 heterocycles. The molecule has 0 saturated carbocycles. The average Bonchev–Trinajstić information content (AvgIpc) is 2.59. The molecule has 10 heteroatoms. The summed E-state index contributed by atoms with van der Waals surface area (Å²) in [6.45, 7) is 0.988. The van der Waals surface area contributed by atoms with Crippen molar-refractivity contribution in [3.63, 3.8) is 0 Å². The second-order valence-electron chi connectivity index (χ2n) is 5.44. The Bertz CT molecular complexity index is 1010. The normalized spacial score (nSPS) is 16.5. The van der Waals surface area contributed by atoms with Crippen molar-refractivity contribution in [1.29, 1.82) is 0 Å². The molecule has 1 aliphatic heterocycles. The van der Waals surface area contributed by atoms with E-state index in [4.69, 9.17) is 0 Å². The van der Waals surface area contributed by atoms with Crippen LogP contribution < -0.4 is 11.4 Å². The second kappa shape index (κ2) is 5.87. The molecular weight excluding hydrogens is 338 g/mol. The number of hydrogen-bond acceptors (Lipinski definition) is 6. The fourth-order valence-electron chi connectivity index (χ4n) is 2.63. The zero-order valence-corrected chi connectivity index (χ0v) is 13.7. The predicted molar refractivity (Wildman–Crippen MR) is 84.1 cm³/mol. The average molecular weight is 353 g/mol. The maximum atomic E-state index is 12.7. The van der Waals surface area contributed by atoms with E-state index < -0.39 is 21.4 Å². The van der Waals surface area contributed by atoms with E-state index in [1.165, 1.54) is 34.5 Å². The molecule has 0 unspecified atom stereocenters. The largest absolute Gasteiger partial charge is 0.422 e. The lowest BCUT2D eigenvalue weighted by atomic mass is 10.2. The van der Waals surface area contributed by atoms with Crippen molar-refractivity contribution < 1.29 is 17.6 Å². The van der Waals surface area contributed by atoms with Crippen LogP contribution in [0.25, 0.3) is 10.9 Å². The highest BCUT2D eigenvalue weighted by Gasteiger charge is 2.28. The molecule has 0 aliphatic carbocycles. The third-order valence-corrected chi connectivity index (χ3v) is 5.96. The Hall–Kier alpha value is -2.46. The molecule has 1 aromatic carbocycles. The van der Waals surface area contributed by atoms with Gasteiger partial charge in [0, 0.05) is 33.2 Å². The third kappa shape index (κ3) is 2.63. The Kier molecular flexibility index (Phi) is 4.01. The van der Waals surface area contributed by atoms with E-state index in [-0.39, 0.29) is 23.4 Å². The third-order valence-electron chi connectivity index (χ3n) is 4.06. The lowest BCUT2D eigenvalue weighted by Crippen LogP contribution is -2.47. The number of hydrogen-bond donors (Lipinski definition) is 0. The summed E-state index contributed by atoms with van der Waals surface area (Å²) in [6.07, 6.45) is 0.686. The number of carbonyl (C=O) groups excluding carboxylic acids is 1. The van der Waals surface area contributed by atoms with Crippen molar-refractivity contribution in [2.24, 2.45) is 7.05 Å². The molecule has 0 radical (unpaired) electrons. The summed E-state index contributed by atoms with van der Waals surface area (Å²) in [5.41, 5.74) is -0.586. The molecule has 1 aromatic heterocycles. The minimum absolute atomic E-state index is 0.0182. The SMILES string of the molecule is Cn1c(=O)oc(=O)c2cc(S(=O)(=O)N3CCN(C=O)CC3)ccc21. The van der Waals surface area contributed by atoms with Gasteiger partial charge in [0.15, 0.2) is 0 Å². The Balaban J connectivity index is 2.05. The molecule has 128 valence electrons. The van der Waals surface area contributed by atoms with Crippen LogP contribution in [0.5, 0.6) is 0 Å². The molecule has 1 aliphatic rings. The standard InChI is InChI=1S/C14H15N3O6S/c1-15-12-3-2-10(8-11(12)13(19)23-14(15)20)24(21,22)17-6-4-16(9-18)5-7-17/h2-3,8-9H,4-7H2,1H3. The topological polar surface area (TPSA) is 110 Å². The number of carbonyl (C=O) groups is 1. The number of rotatable bonds is 3. The van der Waals surface area contributed by atoms with E-state index in [0.29, 0.717) is 25.0 Å². The Morgan fingerprint density at radius 1 is 1.12 bits per heavy atom. The van der Waals surface area contributed by atoms with Crippen LogP contribution in [-0.2, 0) is 21.9 Å². The van der Waals surface area contributed by atoms with Crippen LogP contribution >= 0.6 is 0 Å². The van der Waals surface area contributed by atoms with Gasteiger partial charge in [-0.25, -0.2) is 18.0 Å². The van der Waals surface area contributed by atoms with Crippen LogP contribution in [0.1, 0.15) is 0 Å². The van der Waals surface area contributed by atoms with E-state index in [9.17, 15) is 22.8 Å². The molecule has 1 saturated heterocycles. The van der Waals surface area contributed by atoms with Crippen molar-refractivity contribution >= 4 is 27.3 Å². The molecule has 1 fully saturated rings. The summed E-state index contributed by atoms with van der Waals surface area (Å²) in [7, 11) is -2.37. The monoisotopic (exact) mass is 353 g/mol. The van der Waals surface area contributed by atoms with Crippen LogP contribution in [0, 0.1) is 0 Å². The van der Waals surface area contributed by atoms with Crippen LogP contribution in [-0.4, -0.2) is 54.8 Å². The molecule has 0 bridgehead atoms. The first-order valence-electron chi connectivity index (χ1n) is 7.18. The van der Waals surface area contributed by atoms with Gasteiger partial charge in [0.25, 0.3) is 0 Å². The minimum Gasteiger partial charge on any atom is -0.372 e. The first-order valence-corrected chi connectivity index (χ1v) is 8.62. The summed E-state index contributed by atoms with van der Waals surface area (Å²) < 4.78 is 32.4. The summed E-state index contributed by atoms with van der Waals surface area (Å²) in [5.74, 6) is -0.812.